The molecule has 1 aliphatic rings. The topological polar surface area (TPSA) is 8.17 Å². The molecule has 1 heterocycles. The molecule has 1 aromatic heterocycles. The van der Waals surface area contributed by atoms with Crippen molar-refractivity contribution in [3.8, 4) is 5.69 Å². The molecule has 0 spiro atoms. The summed E-state index contributed by atoms with van der Waals surface area (Å²) in [6.07, 6.45) is 2.29. The Balaban J connectivity index is 1.26. The average molecular weight is 657 g/mol. The van der Waals surface area contributed by atoms with Gasteiger partial charge in [0.15, 0.2) is 0 Å². The lowest BCUT2D eigenvalue weighted by atomic mass is 9.76. The largest absolute Gasteiger partial charge is 0.309 e. The number of allylic oxidation sites excluding steroid dienone is 4. The monoisotopic (exact) mass is 656 g/mol. The van der Waals surface area contributed by atoms with Crippen molar-refractivity contribution >= 4 is 60.8 Å². The Labute approximate surface area is 300 Å². The third-order valence-electron chi connectivity index (χ3n) is 10.9. The van der Waals surface area contributed by atoms with Crippen LogP contribution < -0.4 is 4.90 Å². The average Bonchev–Trinajstić information content (AvgIpc) is 3.62. The Morgan fingerprint density at radius 3 is 2.00 bits per heavy atom. The highest BCUT2D eigenvalue weighted by Gasteiger charge is 2.37. The Morgan fingerprint density at radius 2 is 1.22 bits per heavy atom. The molecule has 2 heteroatoms. The summed E-state index contributed by atoms with van der Waals surface area (Å²) >= 11 is 0. The van der Waals surface area contributed by atoms with E-state index in [0.29, 0.717) is 0 Å². The Kier molecular flexibility index (Phi) is 7.29. The lowest BCUT2D eigenvalue weighted by Crippen LogP contribution is -2.18. The first kappa shape index (κ1) is 30.9. The predicted octanol–water partition coefficient (Wildman–Crippen LogP) is 13.6. The predicted molar refractivity (Wildman–Crippen MR) is 219 cm³/mol. The van der Waals surface area contributed by atoms with Gasteiger partial charge in [0.2, 0.25) is 0 Å². The van der Waals surface area contributed by atoms with Gasteiger partial charge >= 0.3 is 0 Å². The molecule has 7 aromatic carbocycles. The zero-order chi connectivity index (χ0) is 34.7. The van der Waals surface area contributed by atoms with E-state index in [1.807, 2.05) is 0 Å². The molecular weight excluding hydrogens is 617 g/mol. The van der Waals surface area contributed by atoms with Gasteiger partial charge in [-0.05, 0) is 101 Å². The van der Waals surface area contributed by atoms with E-state index in [0.717, 1.165) is 22.7 Å². The molecule has 0 aliphatic heterocycles. The molecule has 0 saturated carbocycles. The molecule has 0 atom stereocenters. The van der Waals surface area contributed by atoms with E-state index >= 15 is 0 Å². The molecule has 2 nitrogen and oxygen atoms in total. The van der Waals surface area contributed by atoms with Crippen LogP contribution in [0.15, 0.2) is 175 Å². The molecule has 0 unspecified atom stereocenters. The van der Waals surface area contributed by atoms with Crippen molar-refractivity contribution in [3.63, 3.8) is 0 Å². The number of hydrogen-bond donors (Lipinski definition) is 0. The zero-order valence-electron chi connectivity index (χ0n) is 29.6. The van der Waals surface area contributed by atoms with E-state index in [1.165, 1.54) is 66.0 Å². The second kappa shape index (κ2) is 12.0. The smallest absolute Gasteiger partial charge is 0.0562 e. The number of fused-ring (bicyclic) bond motifs is 5. The first-order valence-corrected chi connectivity index (χ1v) is 17.9. The first-order valence-electron chi connectivity index (χ1n) is 17.9. The normalized spacial score (nSPS) is 14.1. The summed E-state index contributed by atoms with van der Waals surface area (Å²) in [5, 5.41) is 4.90. The van der Waals surface area contributed by atoms with Crippen LogP contribution in [0.2, 0.25) is 0 Å². The first-order chi connectivity index (χ1) is 25.0. The fourth-order valence-corrected chi connectivity index (χ4v) is 8.73. The fraction of sp³-hybridized carbons (Fsp3) is 0.102. The molecular formula is C49H40N2. The SMILES string of the molecule is C/C=C(\C1=C(C)c2ccccc2C1(C)C)c1ccc(N(c2cccc3ccccc23)c2cccc3c2c2ccccc2n3-c2ccccc2)cc1. The molecule has 0 N–H and O–H groups in total. The highest BCUT2D eigenvalue weighted by atomic mass is 15.1. The van der Waals surface area contributed by atoms with Crippen LogP contribution in [0.25, 0.3) is 49.4 Å². The van der Waals surface area contributed by atoms with Crippen LogP contribution in [0.5, 0.6) is 0 Å². The number of hydrogen-bond acceptors (Lipinski definition) is 1. The van der Waals surface area contributed by atoms with E-state index in [9.17, 15) is 0 Å². The summed E-state index contributed by atoms with van der Waals surface area (Å²) in [4.78, 5) is 2.46. The zero-order valence-corrected chi connectivity index (χ0v) is 29.6. The third kappa shape index (κ3) is 4.78. The molecule has 0 amide bonds. The summed E-state index contributed by atoms with van der Waals surface area (Å²) in [6.45, 7) is 9.19. The second-order valence-electron chi connectivity index (χ2n) is 14.1. The molecule has 51 heavy (non-hydrogen) atoms. The lowest BCUT2D eigenvalue weighted by molar-refractivity contribution is 0.658. The van der Waals surface area contributed by atoms with Crippen LogP contribution >= 0.6 is 0 Å². The van der Waals surface area contributed by atoms with Gasteiger partial charge in [0.1, 0.15) is 0 Å². The van der Waals surface area contributed by atoms with E-state index < -0.39 is 0 Å². The van der Waals surface area contributed by atoms with Gasteiger partial charge in [-0.25, -0.2) is 0 Å². The fourth-order valence-electron chi connectivity index (χ4n) is 8.73. The maximum Gasteiger partial charge on any atom is 0.0562 e. The van der Waals surface area contributed by atoms with Crippen LogP contribution in [-0.2, 0) is 5.41 Å². The molecule has 0 fully saturated rings. The standard InChI is InChI=1S/C49H40N2/c1-5-38(48-33(2)39-21-11-13-24-42(39)49(48,3)4)35-29-31-37(32-30-35)51(43-26-15-18-34-17-9-10-22-40(34)43)46-28-16-27-45-47(46)41-23-12-14-25-44(41)50(45)36-19-7-6-8-20-36/h5-32H,1-4H3/b38-5-. The van der Waals surface area contributed by atoms with Crippen molar-refractivity contribution in [1.29, 1.82) is 0 Å². The van der Waals surface area contributed by atoms with Crippen molar-refractivity contribution in [2.45, 2.75) is 33.1 Å². The second-order valence-corrected chi connectivity index (χ2v) is 14.1. The van der Waals surface area contributed by atoms with Crippen molar-refractivity contribution in [3.05, 3.63) is 192 Å². The lowest BCUT2D eigenvalue weighted by Gasteiger charge is -2.29. The highest BCUT2D eigenvalue weighted by Crippen LogP contribution is 2.52. The summed E-state index contributed by atoms with van der Waals surface area (Å²) in [5.41, 5.74) is 14.9. The van der Waals surface area contributed by atoms with Crippen LogP contribution in [0.4, 0.5) is 17.1 Å². The Morgan fingerprint density at radius 1 is 0.588 bits per heavy atom. The number of nitrogens with zero attached hydrogens (tertiary/aromatic N) is 2. The third-order valence-corrected chi connectivity index (χ3v) is 10.9. The van der Waals surface area contributed by atoms with Gasteiger partial charge < -0.3 is 9.47 Å². The molecule has 246 valence electrons. The van der Waals surface area contributed by atoms with Crippen LogP contribution in [0, 0.1) is 0 Å². The number of para-hydroxylation sites is 2. The van der Waals surface area contributed by atoms with Gasteiger partial charge in [-0.2, -0.15) is 0 Å². The number of aromatic nitrogens is 1. The minimum absolute atomic E-state index is 0.0845. The highest BCUT2D eigenvalue weighted by molar-refractivity contribution is 6.17. The molecule has 9 rings (SSSR count). The molecule has 0 bridgehead atoms. The van der Waals surface area contributed by atoms with Crippen molar-refractivity contribution < 1.29 is 0 Å². The van der Waals surface area contributed by atoms with Crippen LogP contribution in [0.1, 0.15) is 44.4 Å². The van der Waals surface area contributed by atoms with Gasteiger partial charge in [-0.3, -0.25) is 0 Å². The van der Waals surface area contributed by atoms with Crippen LogP contribution in [0.3, 0.4) is 0 Å². The molecule has 1 aliphatic carbocycles. The summed E-state index contributed by atoms with van der Waals surface area (Å²) in [6, 6.07) is 59.7. The maximum atomic E-state index is 2.46. The Hall–Kier alpha value is -6.12. The minimum Gasteiger partial charge on any atom is -0.309 e. The summed E-state index contributed by atoms with van der Waals surface area (Å²) in [7, 11) is 0. The molecule has 8 aromatic rings. The van der Waals surface area contributed by atoms with E-state index in [4.69, 9.17) is 0 Å². The van der Waals surface area contributed by atoms with Gasteiger partial charge in [-0.1, -0.05) is 135 Å². The van der Waals surface area contributed by atoms with E-state index in [1.54, 1.807) is 0 Å². The number of benzene rings is 7. The quantitative estimate of drug-likeness (QED) is 0.173. The molecule has 0 saturated heterocycles. The van der Waals surface area contributed by atoms with Gasteiger partial charge in [0.25, 0.3) is 0 Å². The van der Waals surface area contributed by atoms with Gasteiger partial charge in [-0.15, -0.1) is 0 Å². The van der Waals surface area contributed by atoms with Crippen LogP contribution in [-0.4, -0.2) is 4.57 Å². The van der Waals surface area contributed by atoms with Gasteiger partial charge in [0.05, 0.1) is 22.4 Å². The van der Waals surface area contributed by atoms with Crippen molar-refractivity contribution in [1.82, 2.24) is 4.57 Å². The minimum atomic E-state index is -0.0845. The maximum absolute atomic E-state index is 2.46. The summed E-state index contributed by atoms with van der Waals surface area (Å²) in [5.74, 6) is 0. The molecule has 0 radical (unpaired) electrons. The number of rotatable bonds is 6. The van der Waals surface area contributed by atoms with E-state index in [2.05, 4.69) is 207 Å². The summed E-state index contributed by atoms with van der Waals surface area (Å²) < 4.78 is 2.40. The Bertz CT molecular complexity index is 2660. The van der Waals surface area contributed by atoms with Crippen molar-refractivity contribution in [2.75, 3.05) is 4.90 Å². The van der Waals surface area contributed by atoms with Gasteiger partial charge in [0, 0.05) is 32.9 Å². The van der Waals surface area contributed by atoms with E-state index in [-0.39, 0.29) is 5.41 Å². The van der Waals surface area contributed by atoms with Crippen molar-refractivity contribution in [2.24, 2.45) is 0 Å². The number of anilines is 3.